The minimum absolute atomic E-state index is 0.101. The molecule has 2 aromatic carbocycles. The molecule has 0 saturated carbocycles. The van der Waals surface area contributed by atoms with Gasteiger partial charge in [-0.25, -0.2) is 9.59 Å². The van der Waals surface area contributed by atoms with Crippen molar-refractivity contribution >= 4 is 24.1 Å². The van der Waals surface area contributed by atoms with Gasteiger partial charge in [-0.2, -0.15) is 0 Å². The van der Waals surface area contributed by atoms with Gasteiger partial charge in [-0.15, -0.1) is 0 Å². The molecule has 0 unspecified atom stereocenters. The first-order valence-electron chi connectivity index (χ1n) is 9.92. The van der Waals surface area contributed by atoms with E-state index < -0.39 is 11.9 Å². The molecule has 0 radical (unpaired) electrons. The number of methoxy groups -OCH3 is 4. The van der Waals surface area contributed by atoms with E-state index in [0.717, 1.165) is 12.2 Å². The number of ether oxygens (including phenoxy) is 6. The lowest BCUT2D eigenvalue weighted by Crippen LogP contribution is -2.11. The molecule has 10 nitrogen and oxygen atoms in total. The van der Waals surface area contributed by atoms with Crippen LogP contribution >= 0.6 is 0 Å². The number of hydrogen-bond acceptors (Lipinski definition) is 8. The van der Waals surface area contributed by atoms with E-state index in [4.69, 9.17) is 38.6 Å². The summed E-state index contributed by atoms with van der Waals surface area (Å²) in [5.74, 6) is -0.0748. The summed E-state index contributed by atoms with van der Waals surface area (Å²) in [4.78, 5) is 21.6. The highest BCUT2D eigenvalue weighted by molar-refractivity contribution is 5.86. The molecule has 2 N–H and O–H groups in total. The Kier molecular flexibility index (Phi) is 9.63. The van der Waals surface area contributed by atoms with Gasteiger partial charge in [0.05, 0.1) is 28.4 Å². The fourth-order valence-corrected chi connectivity index (χ4v) is 2.90. The second kappa shape index (κ2) is 12.6. The quantitative estimate of drug-likeness (QED) is 0.329. The van der Waals surface area contributed by atoms with Crippen molar-refractivity contribution in [3.8, 4) is 34.5 Å². The fraction of sp³-hybridized carbons (Fsp3) is 0.250. The Morgan fingerprint density at radius 2 is 0.941 bits per heavy atom. The molecule has 2 aromatic rings. The Labute approximate surface area is 196 Å². The standard InChI is InChI=1S/C24H26O10/c1-29-17-11-15(5-7-21(25)26)12-18(30-2)23(17)33-9-10-34-24-19(31-3)13-16(6-8-22(27)28)14-20(24)32-4/h5-8,11-14H,9-10H2,1-4H3,(H,25,26)(H,27,28). The molecule has 0 heterocycles. The Bertz CT molecular complexity index is 936. The number of benzene rings is 2. The number of rotatable bonds is 13. The zero-order valence-corrected chi connectivity index (χ0v) is 19.2. The van der Waals surface area contributed by atoms with Crippen molar-refractivity contribution in [2.75, 3.05) is 41.7 Å². The van der Waals surface area contributed by atoms with E-state index in [1.165, 1.54) is 40.6 Å². The molecule has 0 saturated heterocycles. The van der Waals surface area contributed by atoms with Crippen molar-refractivity contribution in [3.05, 3.63) is 47.5 Å². The van der Waals surface area contributed by atoms with E-state index >= 15 is 0 Å². The molecule has 2 rings (SSSR count). The number of carbonyl (C=O) groups is 2. The molecule has 34 heavy (non-hydrogen) atoms. The number of carboxylic acid groups (broad SMARTS) is 2. The largest absolute Gasteiger partial charge is 0.493 e. The summed E-state index contributed by atoms with van der Waals surface area (Å²) in [6.45, 7) is 0.202. The van der Waals surface area contributed by atoms with Crippen molar-refractivity contribution in [2.24, 2.45) is 0 Å². The molecule has 0 aliphatic rings. The van der Waals surface area contributed by atoms with Crippen molar-refractivity contribution in [1.82, 2.24) is 0 Å². The lowest BCUT2D eigenvalue weighted by atomic mass is 10.1. The van der Waals surface area contributed by atoms with Gasteiger partial charge in [0.25, 0.3) is 0 Å². The predicted molar refractivity (Wildman–Crippen MR) is 123 cm³/mol. The van der Waals surface area contributed by atoms with Crippen molar-refractivity contribution < 1.29 is 48.2 Å². The molecule has 0 aromatic heterocycles. The average Bonchev–Trinajstić information content (AvgIpc) is 2.83. The van der Waals surface area contributed by atoms with Crippen LogP contribution in [0.4, 0.5) is 0 Å². The Morgan fingerprint density at radius 3 is 1.18 bits per heavy atom. The fourth-order valence-electron chi connectivity index (χ4n) is 2.90. The van der Waals surface area contributed by atoms with Gasteiger partial charge in [0.2, 0.25) is 11.5 Å². The molecule has 0 aliphatic carbocycles. The molecule has 182 valence electrons. The molecule has 0 aliphatic heterocycles. The zero-order valence-electron chi connectivity index (χ0n) is 19.2. The Hall–Kier alpha value is -4.34. The number of aliphatic carboxylic acids is 2. The minimum atomic E-state index is -1.08. The lowest BCUT2D eigenvalue weighted by molar-refractivity contribution is -0.132. The minimum Gasteiger partial charge on any atom is -0.493 e. The summed E-state index contributed by atoms with van der Waals surface area (Å²) >= 11 is 0. The van der Waals surface area contributed by atoms with Gasteiger partial charge in [0, 0.05) is 12.2 Å². The molecule has 0 bridgehead atoms. The van der Waals surface area contributed by atoms with Crippen LogP contribution < -0.4 is 28.4 Å². The summed E-state index contributed by atoms with van der Waals surface area (Å²) in [5, 5.41) is 17.7. The summed E-state index contributed by atoms with van der Waals surface area (Å²) in [7, 11) is 5.83. The molecule has 0 amide bonds. The van der Waals surface area contributed by atoms with Crippen LogP contribution in [0.5, 0.6) is 34.5 Å². The average molecular weight is 474 g/mol. The second-order valence-electron chi connectivity index (χ2n) is 6.55. The summed E-state index contributed by atoms with van der Waals surface area (Å²) < 4.78 is 33.1. The van der Waals surface area contributed by atoms with Crippen LogP contribution in [0.1, 0.15) is 11.1 Å². The highest BCUT2D eigenvalue weighted by Gasteiger charge is 2.16. The maximum atomic E-state index is 10.8. The van der Waals surface area contributed by atoms with Gasteiger partial charge >= 0.3 is 11.9 Å². The summed E-state index contributed by atoms with van der Waals surface area (Å²) in [6.07, 6.45) is 4.83. The summed E-state index contributed by atoms with van der Waals surface area (Å²) in [6, 6.07) is 6.47. The van der Waals surface area contributed by atoms with Crippen LogP contribution in [0, 0.1) is 0 Å². The van der Waals surface area contributed by atoms with E-state index in [-0.39, 0.29) is 13.2 Å². The first-order valence-corrected chi connectivity index (χ1v) is 9.92. The van der Waals surface area contributed by atoms with Crippen molar-refractivity contribution in [2.45, 2.75) is 0 Å². The van der Waals surface area contributed by atoms with Crippen LogP contribution in [0.3, 0.4) is 0 Å². The highest BCUT2D eigenvalue weighted by atomic mass is 16.6. The SMILES string of the molecule is COc1cc(C=CC(=O)O)cc(OC)c1OCCOc1c(OC)cc(C=CC(=O)O)cc1OC. The third-order valence-electron chi connectivity index (χ3n) is 4.38. The van der Waals surface area contributed by atoms with Crippen molar-refractivity contribution in [3.63, 3.8) is 0 Å². The zero-order chi connectivity index (χ0) is 25.1. The van der Waals surface area contributed by atoms with E-state index in [1.807, 2.05) is 0 Å². The van der Waals surface area contributed by atoms with Crippen LogP contribution in [0.2, 0.25) is 0 Å². The van der Waals surface area contributed by atoms with Gasteiger partial charge in [-0.1, -0.05) is 0 Å². The van der Waals surface area contributed by atoms with Gasteiger partial charge in [-0.3, -0.25) is 0 Å². The maximum Gasteiger partial charge on any atom is 0.328 e. The maximum absolute atomic E-state index is 10.8. The normalized spacial score (nSPS) is 10.8. The van der Waals surface area contributed by atoms with Crippen LogP contribution in [0.25, 0.3) is 12.2 Å². The molecule has 0 fully saturated rings. The van der Waals surface area contributed by atoms with Crippen molar-refractivity contribution in [1.29, 1.82) is 0 Å². The van der Waals surface area contributed by atoms with Gasteiger partial charge < -0.3 is 38.6 Å². The van der Waals surface area contributed by atoms with E-state index in [0.29, 0.717) is 45.6 Å². The Balaban J connectivity index is 2.17. The van der Waals surface area contributed by atoms with Crippen LogP contribution in [0.15, 0.2) is 36.4 Å². The lowest BCUT2D eigenvalue weighted by Gasteiger charge is -2.17. The van der Waals surface area contributed by atoms with Gasteiger partial charge in [0.15, 0.2) is 23.0 Å². The van der Waals surface area contributed by atoms with Gasteiger partial charge in [0.1, 0.15) is 13.2 Å². The summed E-state index contributed by atoms with van der Waals surface area (Å²) in [5.41, 5.74) is 1.12. The monoisotopic (exact) mass is 474 g/mol. The predicted octanol–water partition coefficient (Wildman–Crippen LogP) is 3.37. The topological polar surface area (TPSA) is 130 Å². The van der Waals surface area contributed by atoms with E-state index in [9.17, 15) is 9.59 Å². The van der Waals surface area contributed by atoms with E-state index in [1.54, 1.807) is 24.3 Å². The van der Waals surface area contributed by atoms with Gasteiger partial charge in [-0.05, 0) is 47.5 Å². The molecule has 0 atom stereocenters. The van der Waals surface area contributed by atoms with E-state index in [2.05, 4.69) is 0 Å². The molecular formula is C24H26O10. The number of hydrogen-bond donors (Lipinski definition) is 2. The molecular weight excluding hydrogens is 448 g/mol. The smallest absolute Gasteiger partial charge is 0.328 e. The first kappa shape index (κ1) is 25.9. The Morgan fingerprint density at radius 1 is 0.647 bits per heavy atom. The highest BCUT2D eigenvalue weighted by Crippen LogP contribution is 2.40. The van der Waals surface area contributed by atoms with Crippen LogP contribution in [-0.4, -0.2) is 63.8 Å². The first-order chi connectivity index (χ1) is 16.3. The molecule has 10 heteroatoms. The van der Waals surface area contributed by atoms with Crippen LogP contribution in [-0.2, 0) is 9.59 Å². The second-order valence-corrected chi connectivity index (χ2v) is 6.55. The molecule has 0 spiro atoms. The third kappa shape index (κ3) is 7.09. The third-order valence-corrected chi connectivity index (χ3v) is 4.38. The number of carboxylic acids is 2.